The normalized spacial score (nSPS) is 12.4. The lowest BCUT2D eigenvalue weighted by atomic mass is 10.1. The van der Waals surface area contributed by atoms with E-state index in [1.165, 1.54) is 0 Å². The van der Waals surface area contributed by atoms with Crippen molar-refractivity contribution in [3.8, 4) is 0 Å². The summed E-state index contributed by atoms with van der Waals surface area (Å²) in [5.74, 6) is 0.331. The number of carbonyl (C=O) groups excluding carboxylic acids is 1. The molecule has 2 aromatic rings. The Balaban J connectivity index is 2.11. The van der Waals surface area contributed by atoms with E-state index in [4.69, 9.17) is 10.8 Å². The monoisotopic (exact) mass is 345 g/mol. The molecule has 25 heavy (non-hydrogen) atoms. The van der Waals surface area contributed by atoms with Gasteiger partial charge in [0.1, 0.15) is 6.04 Å². The number of hydrogen-bond acceptors (Lipinski definition) is 5. The number of rotatable bonds is 9. The molecule has 136 valence electrons. The molecule has 0 radical (unpaired) electrons. The fourth-order valence-corrected chi connectivity index (χ4v) is 2.59. The van der Waals surface area contributed by atoms with Crippen LogP contribution in [0.4, 0.5) is 5.69 Å². The predicted molar refractivity (Wildman–Crippen MR) is 96.9 cm³/mol. The first-order valence-corrected chi connectivity index (χ1v) is 8.65. The Morgan fingerprint density at radius 2 is 2.04 bits per heavy atom. The molecule has 4 N–H and O–H groups in total. The van der Waals surface area contributed by atoms with Gasteiger partial charge in [-0.1, -0.05) is 31.2 Å². The third-order valence-corrected chi connectivity index (χ3v) is 3.88. The van der Waals surface area contributed by atoms with Gasteiger partial charge in [0.15, 0.2) is 0 Å². The minimum absolute atomic E-state index is 0.0229. The summed E-state index contributed by atoms with van der Waals surface area (Å²) in [6.07, 6.45) is 3.99. The van der Waals surface area contributed by atoms with Crippen LogP contribution in [0.2, 0.25) is 0 Å². The molecular formula is C18H27N5O2. The van der Waals surface area contributed by atoms with Crippen LogP contribution >= 0.6 is 0 Å². The van der Waals surface area contributed by atoms with Gasteiger partial charge in [0.25, 0.3) is 0 Å². The smallest absolute Gasteiger partial charge is 0.249 e. The van der Waals surface area contributed by atoms with E-state index >= 15 is 0 Å². The summed E-state index contributed by atoms with van der Waals surface area (Å²) in [5, 5.41) is 20.3. The molecule has 1 amide bonds. The first-order chi connectivity index (χ1) is 12.0. The number of hydrogen-bond donors (Lipinski definition) is 3. The summed E-state index contributed by atoms with van der Waals surface area (Å²) < 4.78 is 1.63. The quantitative estimate of drug-likeness (QED) is 0.643. The summed E-state index contributed by atoms with van der Waals surface area (Å²) in [7, 11) is 0. The van der Waals surface area contributed by atoms with Crippen LogP contribution in [0.5, 0.6) is 0 Å². The van der Waals surface area contributed by atoms with Gasteiger partial charge in [-0.3, -0.25) is 4.79 Å². The number of nitrogens with one attached hydrogen (secondary N) is 1. The summed E-state index contributed by atoms with van der Waals surface area (Å²) in [4.78, 5) is 12.7. The molecule has 1 unspecified atom stereocenters. The van der Waals surface area contributed by atoms with Gasteiger partial charge < -0.3 is 16.2 Å². The van der Waals surface area contributed by atoms with Crippen molar-refractivity contribution in [2.45, 2.75) is 45.8 Å². The molecule has 1 heterocycles. The molecule has 7 heteroatoms. The molecule has 0 fully saturated rings. The Kier molecular flexibility index (Phi) is 7.09. The predicted octanol–water partition coefficient (Wildman–Crippen LogP) is 1.89. The van der Waals surface area contributed by atoms with Gasteiger partial charge in [-0.15, -0.1) is 5.10 Å². The van der Waals surface area contributed by atoms with Gasteiger partial charge in [0, 0.05) is 11.9 Å². The molecule has 7 nitrogen and oxygen atoms in total. The zero-order valence-corrected chi connectivity index (χ0v) is 14.9. The maximum absolute atomic E-state index is 12.7. The highest BCUT2D eigenvalue weighted by molar-refractivity contribution is 5.93. The molecular weight excluding hydrogens is 318 g/mol. The third kappa shape index (κ3) is 5.65. The second-order valence-corrected chi connectivity index (χ2v) is 6.58. The van der Waals surface area contributed by atoms with E-state index in [9.17, 15) is 4.79 Å². The van der Waals surface area contributed by atoms with Crippen molar-refractivity contribution in [2.75, 3.05) is 11.9 Å². The van der Waals surface area contributed by atoms with Crippen LogP contribution in [0, 0.1) is 5.92 Å². The Hall–Kier alpha value is -2.25. The lowest BCUT2D eigenvalue weighted by molar-refractivity contribution is -0.119. The highest BCUT2D eigenvalue weighted by atomic mass is 16.3. The second-order valence-electron chi connectivity index (χ2n) is 6.58. The standard InChI is InChI=1S/C18H27N5O2/c1-13(2)10-16-11-23(22-21-16)17(4-3-9-19)18(25)20-15-7-5-14(12-24)6-8-15/h5-8,11,13,17,24H,3-4,9-10,12,19H2,1-2H3,(H,20,25). The highest BCUT2D eigenvalue weighted by Crippen LogP contribution is 2.18. The van der Waals surface area contributed by atoms with Crippen molar-refractivity contribution < 1.29 is 9.90 Å². The number of nitrogens with zero attached hydrogens (tertiary/aromatic N) is 3. The molecule has 0 bridgehead atoms. The van der Waals surface area contributed by atoms with Crippen molar-refractivity contribution in [1.82, 2.24) is 15.0 Å². The molecule has 0 saturated carbocycles. The summed E-state index contributed by atoms with van der Waals surface area (Å²) in [6, 6.07) is 6.65. The number of aliphatic hydroxyl groups excluding tert-OH is 1. The van der Waals surface area contributed by atoms with E-state index in [1.54, 1.807) is 28.9 Å². The Labute approximate surface area is 148 Å². The molecule has 1 atom stereocenters. The van der Waals surface area contributed by atoms with Gasteiger partial charge in [0.05, 0.1) is 12.3 Å². The summed E-state index contributed by atoms with van der Waals surface area (Å²) >= 11 is 0. The fraction of sp³-hybridized carbons (Fsp3) is 0.500. The zero-order chi connectivity index (χ0) is 18.2. The molecule has 1 aromatic carbocycles. The first kappa shape index (κ1) is 19.1. The SMILES string of the molecule is CC(C)Cc1cn(C(CCCN)C(=O)Nc2ccc(CO)cc2)nn1. The summed E-state index contributed by atoms with van der Waals surface area (Å²) in [5.41, 5.74) is 7.97. The highest BCUT2D eigenvalue weighted by Gasteiger charge is 2.22. The number of aromatic nitrogens is 3. The van der Waals surface area contributed by atoms with Gasteiger partial charge in [-0.25, -0.2) is 4.68 Å². The van der Waals surface area contributed by atoms with Crippen molar-refractivity contribution in [2.24, 2.45) is 11.7 Å². The third-order valence-electron chi connectivity index (χ3n) is 3.88. The topological polar surface area (TPSA) is 106 Å². The van der Waals surface area contributed by atoms with Crippen LogP contribution in [0.25, 0.3) is 0 Å². The van der Waals surface area contributed by atoms with Crippen molar-refractivity contribution in [1.29, 1.82) is 0 Å². The molecule has 2 rings (SSSR count). The van der Waals surface area contributed by atoms with Gasteiger partial charge in [-0.2, -0.15) is 0 Å². The molecule has 1 aromatic heterocycles. The van der Waals surface area contributed by atoms with E-state index in [2.05, 4.69) is 29.5 Å². The zero-order valence-electron chi connectivity index (χ0n) is 14.9. The molecule has 0 spiro atoms. The molecule has 0 aliphatic rings. The van der Waals surface area contributed by atoms with E-state index in [0.29, 0.717) is 24.6 Å². The number of aliphatic hydroxyl groups is 1. The minimum Gasteiger partial charge on any atom is -0.392 e. The maximum Gasteiger partial charge on any atom is 0.249 e. The molecule has 0 aliphatic carbocycles. The van der Waals surface area contributed by atoms with Crippen LogP contribution in [0.15, 0.2) is 30.5 Å². The maximum atomic E-state index is 12.7. The van der Waals surface area contributed by atoms with E-state index in [1.807, 2.05) is 6.20 Å². The average molecular weight is 345 g/mol. The van der Waals surface area contributed by atoms with Gasteiger partial charge >= 0.3 is 0 Å². The first-order valence-electron chi connectivity index (χ1n) is 8.65. The Morgan fingerprint density at radius 3 is 2.64 bits per heavy atom. The van der Waals surface area contributed by atoms with Crippen molar-refractivity contribution >= 4 is 11.6 Å². The Morgan fingerprint density at radius 1 is 1.32 bits per heavy atom. The number of carbonyl (C=O) groups is 1. The largest absolute Gasteiger partial charge is 0.392 e. The van der Waals surface area contributed by atoms with Crippen LogP contribution in [0.3, 0.4) is 0 Å². The van der Waals surface area contributed by atoms with Crippen LogP contribution in [-0.2, 0) is 17.8 Å². The number of amides is 1. The average Bonchev–Trinajstić information content (AvgIpc) is 3.03. The van der Waals surface area contributed by atoms with E-state index < -0.39 is 6.04 Å². The van der Waals surface area contributed by atoms with Gasteiger partial charge in [-0.05, 0) is 49.4 Å². The molecule has 0 aliphatic heterocycles. The van der Waals surface area contributed by atoms with Crippen molar-refractivity contribution in [3.05, 3.63) is 41.7 Å². The van der Waals surface area contributed by atoms with E-state index in [0.717, 1.165) is 24.1 Å². The fourth-order valence-electron chi connectivity index (χ4n) is 2.59. The number of anilines is 1. The molecule has 0 saturated heterocycles. The lowest BCUT2D eigenvalue weighted by Gasteiger charge is -2.16. The number of benzene rings is 1. The van der Waals surface area contributed by atoms with E-state index in [-0.39, 0.29) is 12.5 Å². The summed E-state index contributed by atoms with van der Waals surface area (Å²) in [6.45, 7) is 4.73. The Bertz CT molecular complexity index is 666. The lowest BCUT2D eigenvalue weighted by Crippen LogP contribution is -2.27. The van der Waals surface area contributed by atoms with Crippen LogP contribution in [-0.4, -0.2) is 32.6 Å². The van der Waals surface area contributed by atoms with Gasteiger partial charge in [0.2, 0.25) is 5.91 Å². The minimum atomic E-state index is -0.450. The second kappa shape index (κ2) is 9.29. The van der Waals surface area contributed by atoms with Crippen LogP contribution in [0.1, 0.15) is 44.0 Å². The number of nitrogens with two attached hydrogens (primary N) is 1. The van der Waals surface area contributed by atoms with Crippen molar-refractivity contribution in [3.63, 3.8) is 0 Å². The van der Waals surface area contributed by atoms with Crippen LogP contribution < -0.4 is 11.1 Å².